The number of hydrogen-bond donors (Lipinski definition) is 1. The molecule has 0 heterocycles. The summed E-state index contributed by atoms with van der Waals surface area (Å²) in [5, 5.41) is 9.29. The number of aliphatic hydroxyl groups excluding tert-OH is 1. The van der Waals surface area contributed by atoms with Gasteiger partial charge in [0.2, 0.25) is 0 Å². The predicted molar refractivity (Wildman–Crippen MR) is 47.3 cm³/mol. The van der Waals surface area contributed by atoms with Gasteiger partial charge in [-0.25, -0.2) is 0 Å². The highest BCUT2D eigenvalue weighted by molar-refractivity contribution is 5.08. The fourth-order valence-corrected chi connectivity index (χ4v) is 1.39. The van der Waals surface area contributed by atoms with Gasteiger partial charge >= 0.3 is 0 Å². The summed E-state index contributed by atoms with van der Waals surface area (Å²) in [7, 11) is 0. The van der Waals surface area contributed by atoms with Gasteiger partial charge in [0.05, 0.1) is 6.10 Å². The molecule has 0 radical (unpaired) electrons. The van der Waals surface area contributed by atoms with E-state index in [9.17, 15) is 5.11 Å². The summed E-state index contributed by atoms with van der Waals surface area (Å²) in [6, 6.07) is 0. The summed E-state index contributed by atoms with van der Waals surface area (Å²) in [6.07, 6.45) is 7.60. The molecular weight excluding hydrogens is 152 g/mol. The molecule has 0 aromatic rings. The van der Waals surface area contributed by atoms with E-state index in [1.54, 1.807) is 0 Å². The van der Waals surface area contributed by atoms with Crippen LogP contribution in [-0.2, 0) is 4.74 Å². The molecule has 0 amide bonds. The Morgan fingerprint density at radius 2 is 2.33 bits per heavy atom. The molecule has 1 aliphatic rings. The van der Waals surface area contributed by atoms with E-state index in [0.717, 1.165) is 19.3 Å². The second-order valence-electron chi connectivity index (χ2n) is 3.01. The first-order chi connectivity index (χ1) is 5.83. The molecule has 66 valence electrons. The Kier molecular flexibility index (Phi) is 3.69. The van der Waals surface area contributed by atoms with Gasteiger partial charge in [0.15, 0.2) is 0 Å². The normalized spacial score (nSPS) is 28.4. The molecule has 0 spiro atoms. The zero-order valence-corrected chi connectivity index (χ0v) is 7.12. The zero-order valence-electron chi connectivity index (χ0n) is 7.12. The third-order valence-corrected chi connectivity index (χ3v) is 1.98. The van der Waals surface area contributed by atoms with Crippen LogP contribution < -0.4 is 0 Å². The van der Waals surface area contributed by atoms with E-state index in [1.807, 2.05) is 0 Å². The van der Waals surface area contributed by atoms with Crippen LogP contribution in [-0.4, -0.2) is 17.3 Å². The largest absolute Gasteiger partial charge is 0.443 e. The lowest BCUT2D eigenvalue weighted by Gasteiger charge is -2.23. The summed E-state index contributed by atoms with van der Waals surface area (Å²) < 4.78 is 5.20. The number of ether oxygens (including phenoxy) is 1. The molecular formula is C10H14O2. The zero-order chi connectivity index (χ0) is 8.81. The molecule has 12 heavy (non-hydrogen) atoms. The molecule has 2 atom stereocenters. The van der Waals surface area contributed by atoms with Crippen molar-refractivity contribution in [1.82, 2.24) is 0 Å². The first-order valence-electron chi connectivity index (χ1n) is 4.28. The molecule has 2 unspecified atom stereocenters. The van der Waals surface area contributed by atoms with Crippen LogP contribution >= 0.6 is 0 Å². The summed E-state index contributed by atoms with van der Waals surface area (Å²) in [6.45, 7) is 3.46. The topological polar surface area (TPSA) is 29.5 Å². The van der Waals surface area contributed by atoms with Crippen LogP contribution in [0.5, 0.6) is 0 Å². The van der Waals surface area contributed by atoms with Crippen LogP contribution in [0.3, 0.4) is 0 Å². The maximum Gasteiger partial charge on any atom is 0.115 e. The minimum atomic E-state index is -0.200. The van der Waals surface area contributed by atoms with Crippen molar-refractivity contribution in [2.75, 3.05) is 0 Å². The van der Waals surface area contributed by atoms with Crippen LogP contribution in [0.25, 0.3) is 0 Å². The molecule has 1 fully saturated rings. The minimum Gasteiger partial charge on any atom is -0.443 e. The van der Waals surface area contributed by atoms with Gasteiger partial charge in [0.1, 0.15) is 12.2 Å². The van der Waals surface area contributed by atoms with Gasteiger partial charge in [-0.2, -0.15) is 0 Å². The first-order valence-corrected chi connectivity index (χ1v) is 4.28. The van der Waals surface area contributed by atoms with E-state index in [-0.39, 0.29) is 12.2 Å². The number of allylic oxidation sites excluding steroid dienone is 1. The lowest BCUT2D eigenvalue weighted by atomic mass is 9.95. The van der Waals surface area contributed by atoms with Crippen molar-refractivity contribution in [1.29, 1.82) is 0 Å². The van der Waals surface area contributed by atoms with E-state index in [0.29, 0.717) is 6.42 Å². The van der Waals surface area contributed by atoms with Crippen molar-refractivity contribution >= 4 is 0 Å². The molecule has 0 bridgehead atoms. The molecule has 1 N–H and O–H groups in total. The van der Waals surface area contributed by atoms with Crippen molar-refractivity contribution < 1.29 is 9.84 Å². The number of aliphatic hydroxyl groups is 1. The molecule has 1 rings (SSSR count). The first kappa shape index (κ1) is 9.15. The molecule has 0 aromatic carbocycles. The van der Waals surface area contributed by atoms with Crippen molar-refractivity contribution in [3.05, 3.63) is 12.7 Å². The van der Waals surface area contributed by atoms with Crippen molar-refractivity contribution in [2.45, 2.75) is 37.9 Å². The maximum absolute atomic E-state index is 9.29. The Balaban J connectivity index is 2.27. The Hall–Kier alpha value is -0.940. The van der Waals surface area contributed by atoms with Gasteiger partial charge in [0, 0.05) is 6.42 Å². The average Bonchev–Trinajstić information content (AvgIpc) is 2.05. The van der Waals surface area contributed by atoms with Crippen molar-refractivity contribution in [3.8, 4) is 12.0 Å². The second kappa shape index (κ2) is 4.84. The van der Waals surface area contributed by atoms with Crippen LogP contribution in [0.4, 0.5) is 0 Å². The molecule has 0 saturated heterocycles. The number of rotatable bonds is 1. The maximum atomic E-state index is 9.29. The molecule has 1 aliphatic carbocycles. The molecule has 1 saturated carbocycles. The summed E-state index contributed by atoms with van der Waals surface area (Å²) >= 11 is 0. The quantitative estimate of drug-likeness (QED) is 0.597. The fourth-order valence-electron chi connectivity index (χ4n) is 1.39. The van der Waals surface area contributed by atoms with Gasteiger partial charge in [-0.3, -0.25) is 0 Å². The predicted octanol–water partition coefficient (Wildman–Crippen LogP) is 1.45. The number of hydrogen-bond acceptors (Lipinski definition) is 2. The second-order valence-corrected chi connectivity index (χ2v) is 3.01. The molecule has 2 nitrogen and oxygen atoms in total. The van der Waals surface area contributed by atoms with E-state index in [4.69, 9.17) is 4.74 Å². The fraction of sp³-hybridized carbons (Fsp3) is 0.600. The third-order valence-electron chi connectivity index (χ3n) is 1.98. The minimum absolute atomic E-state index is 0.112. The smallest absolute Gasteiger partial charge is 0.115 e. The van der Waals surface area contributed by atoms with Gasteiger partial charge in [0.25, 0.3) is 0 Å². The van der Waals surface area contributed by atoms with Gasteiger partial charge in [-0.15, -0.1) is 0 Å². The Bertz CT molecular complexity index is 200. The van der Waals surface area contributed by atoms with Gasteiger partial charge < -0.3 is 9.84 Å². The van der Waals surface area contributed by atoms with Gasteiger partial charge in [-0.05, 0) is 31.3 Å². The highest BCUT2D eigenvalue weighted by atomic mass is 16.5. The lowest BCUT2D eigenvalue weighted by molar-refractivity contribution is 0.0393. The third kappa shape index (κ3) is 2.98. The van der Waals surface area contributed by atoms with E-state index >= 15 is 0 Å². The van der Waals surface area contributed by atoms with Crippen LogP contribution in [0, 0.1) is 12.0 Å². The lowest BCUT2D eigenvalue weighted by Crippen LogP contribution is -2.24. The Morgan fingerprint density at radius 1 is 1.50 bits per heavy atom. The Morgan fingerprint density at radius 3 is 3.00 bits per heavy atom. The average molecular weight is 166 g/mol. The van der Waals surface area contributed by atoms with E-state index in [1.165, 1.54) is 6.08 Å². The highest BCUT2D eigenvalue weighted by Crippen LogP contribution is 2.20. The summed E-state index contributed by atoms with van der Waals surface area (Å²) in [4.78, 5) is 0. The van der Waals surface area contributed by atoms with Gasteiger partial charge in [-0.1, -0.05) is 6.58 Å². The van der Waals surface area contributed by atoms with Crippen LogP contribution in [0.1, 0.15) is 25.7 Å². The van der Waals surface area contributed by atoms with Crippen molar-refractivity contribution in [3.63, 3.8) is 0 Å². The van der Waals surface area contributed by atoms with Crippen LogP contribution in [0.2, 0.25) is 0 Å². The Labute approximate surface area is 73.2 Å². The van der Waals surface area contributed by atoms with E-state index in [2.05, 4.69) is 18.6 Å². The summed E-state index contributed by atoms with van der Waals surface area (Å²) in [5.41, 5.74) is 0. The standard InChI is InChI=1S/C10H14O2/c1-2-3-7-12-10-6-4-5-9(11)8-10/h2,9-11H,1,4-6,8H2. The van der Waals surface area contributed by atoms with Crippen LogP contribution in [0.15, 0.2) is 12.7 Å². The monoisotopic (exact) mass is 166 g/mol. The summed E-state index contributed by atoms with van der Waals surface area (Å²) in [5.74, 6) is 2.62. The van der Waals surface area contributed by atoms with Crippen molar-refractivity contribution in [2.24, 2.45) is 0 Å². The molecule has 2 heteroatoms. The molecule has 0 aliphatic heterocycles. The SMILES string of the molecule is C=CC#COC1CCCC(O)C1. The highest BCUT2D eigenvalue weighted by Gasteiger charge is 2.20. The molecule has 0 aromatic heterocycles. The van der Waals surface area contributed by atoms with E-state index < -0.39 is 0 Å².